The summed E-state index contributed by atoms with van der Waals surface area (Å²) >= 11 is 0. The maximum atomic E-state index is 13.9. The number of alkyl halides is 3. The normalized spacial score (nSPS) is 21.1. The van der Waals surface area contributed by atoms with Gasteiger partial charge in [-0.15, -0.1) is 0 Å². The second kappa shape index (κ2) is 7.64. The van der Waals surface area contributed by atoms with Crippen LogP contribution in [0.2, 0.25) is 0 Å². The summed E-state index contributed by atoms with van der Waals surface area (Å²) in [5.41, 5.74) is -0.0286. The first-order valence-electron chi connectivity index (χ1n) is 8.56. The van der Waals surface area contributed by atoms with Crippen LogP contribution in [-0.2, 0) is 11.0 Å². The molecule has 0 bridgehead atoms. The molecular formula is C19H19F4N3O. The molecule has 0 unspecified atom stereocenters. The van der Waals surface area contributed by atoms with Crippen molar-refractivity contribution in [2.75, 3.05) is 13.1 Å². The summed E-state index contributed by atoms with van der Waals surface area (Å²) in [7, 11) is 0. The summed E-state index contributed by atoms with van der Waals surface area (Å²) < 4.78 is 52.0. The molecule has 0 radical (unpaired) electrons. The highest BCUT2D eigenvalue weighted by Crippen LogP contribution is 2.32. The van der Waals surface area contributed by atoms with Gasteiger partial charge in [-0.2, -0.15) is 13.2 Å². The molecule has 1 aliphatic rings. The van der Waals surface area contributed by atoms with Crippen LogP contribution in [0.3, 0.4) is 0 Å². The molecule has 3 rings (SSSR count). The molecule has 0 aliphatic carbocycles. The predicted octanol–water partition coefficient (Wildman–Crippen LogP) is 3.42. The van der Waals surface area contributed by atoms with Crippen molar-refractivity contribution in [1.29, 1.82) is 0 Å². The molecule has 4 nitrogen and oxygen atoms in total. The van der Waals surface area contributed by atoms with Gasteiger partial charge in [-0.3, -0.25) is 9.78 Å². The molecular weight excluding hydrogens is 362 g/mol. The van der Waals surface area contributed by atoms with Gasteiger partial charge in [0.1, 0.15) is 5.82 Å². The minimum atomic E-state index is -4.45. The Labute approximate surface area is 154 Å². The third-order valence-electron chi connectivity index (χ3n) is 4.78. The van der Waals surface area contributed by atoms with Crippen LogP contribution in [0.25, 0.3) is 0 Å². The maximum absolute atomic E-state index is 13.9. The fourth-order valence-corrected chi connectivity index (χ4v) is 3.28. The van der Waals surface area contributed by atoms with Crippen LogP contribution >= 0.6 is 0 Å². The molecule has 2 heterocycles. The molecule has 1 aromatic carbocycles. The molecule has 1 aliphatic heterocycles. The third-order valence-corrected chi connectivity index (χ3v) is 4.78. The average molecular weight is 381 g/mol. The standard InChI is InChI=1S/C19H19F4N3O/c1-11(13-4-2-3-5-16(13)20)26-18(27)15-10-24-9-14(15)17-7-6-12(8-25-17)19(21,22)23/h2-8,11,14-15,24H,9-10H2,1H3,(H,26,27)/t11-,14+,15+/m0/s1. The lowest BCUT2D eigenvalue weighted by molar-refractivity contribution is -0.137. The van der Waals surface area contributed by atoms with E-state index in [1.54, 1.807) is 25.1 Å². The van der Waals surface area contributed by atoms with E-state index < -0.39 is 29.5 Å². The zero-order valence-electron chi connectivity index (χ0n) is 14.6. The van der Waals surface area contributed by atoms with Gasteiger partial charge in [0.15, 0.2) is 0 Å². The average Bonchev–Trinajstić information content (AvgIpc) is 3.11. The van der Waals surface area contributed by atoms with Crippen molar-refractivity contribution in [1.82, 2.24) is 15.6 Å². The van der Waals surface area contributed by atoms with Crippen molar-refractivity contribution in [3.8, 4) is 0 Å². The van der Waals surface area contributed by atoms with E-state index in [2.05, 4.69) is 15.6 Å². The van der Waals surface area contributed by atoms with E-state index in [-0.39, 0.29) is 11.8 Å². The summed E-state index contributed by atoms with van der Waals surface area (Å²) in [5, 5.41) is 5.86. The Morgan fingerprint density at radius 1 is 1.22 bits per heavy atom. The van der Waals surface area contributed by atoms with Gasteiger partial charge < -0.3 is 10.6 Å². The number of hydrogen-bond donors (Lipinski definition) is 2. The fraction of sp³-hybridized carbons (Fsp3) is 0.368. The van der Waals surface area contributed by atoms with E-state index in [1.807, 2.05) is 0 Å². The number of aromatic nitrogens is 1. The molecule has 144 valence electrons. The monoisotopic (exact) mass is 381 g/mol. The van der Waals surface area contributed by atoms with Crippen LogP contribution in [-0.4, -0.2) is 24.0 Å². The highest BCUT2D eigenvalue weighted by molar-refractivity contribution is 5.80. The van der Waals surface area contributed by atoms with E-state index >= 15 is 0 Å². The van der Waals surface area contributed by atoms with Gasteiger partial charge in [0.05, 0.1) is 17.5 Å². The van der Waals surface area contributed by atoms with E-state index in [0.717, 1.165) is 12.3 Å². The SMILES string of the molecule is C[C@H](NC(=O)[C@@H]1CNC[C@H]1c1ccc(C(F)(F)F)cn1)c1ccccc1F. The molecule has 8 heteroatoms. The van der Waals surface area contributed by atoms with Crippen LogP contribution in [0.4, 0.5) is 17.6 Å². The lowest BCUT2D eigenvalue weighted by atomic mass is 9.91. The Bertz CT molecular complexity index is 807. The summed E-state index contributed by atoms with van der Waals surface area (Å²) in [6.45, 7) is 2.50. The summed E-state index contributed by atoms with van der Waals surface area (Å²) in [6, 6.07) is 7.93. The summed E-state index contributed by atoms with van der Waals surface area (Å²) in [4.78, 5) is 16.6. The first-order chi connectivity index (χ1) is 12.8. The molecule has 0 spiro atoms. The molecule has 1 amide bonds. The predicted molar refractivity (Wildman–Crippen MR) is 91.3 cm³/mol. The van der Waals surface area contributed by atoms with Crippen molar-refractivity contribution < 1.29 is 22.4 Å². The molecule has 1 saturated heterocycles. The van der Waals surface area contributed by atoms with Crippen molar-refractivity contribution in [3.05, 3.63) is 65.2 Å². The van der Waals surface area contributed by atoms with Gasteiger partial charge in [0, 0.05) is 36.5 Å². The van der Waals surface area contributed by atoms with Gasteiger partial charge in [-0.05, 0) is 25.1 Å². The van der Waals surface area contributed by atoms with Crippen LogP contribution < -0.4 is 10.6 Å². The van der Waals surface area contributed by atoms with E-state index in [4.69, 9.17) is 0 Å². The van der Waals surface area contributed by atoms with Crippen molar-refractivity contribution in [2.24, 2.45) is 5.92 Å². The number of pyridine rings is 1. The lowest BCUT2D eigenvalue weighted by Crippen LogP contribution is -2.36. The number of benzene rings is 1. The fourth-order valence-electron chi connectivity index (χ4n) is 3.28. The summed E-state index contributed by atoms with van der Waals surface area (Å²) in [5.74, 6) is -1.54. The number of hydrogen-bond acceptors (Lipinski definition) is 3. The number of nitrogens with zero attached hydrogens (tertiary/aromatic N) is 1. The number of carbonyl (C=O) groups excluding carboxylic acids is 1. The maximum Gasteiger partial charge on any atom is 0.417 e. The molecule has 3 atom stereocenters. The summed E-state index contributed by atoms with van der Waals surface area (Å²) in [6.07, 6.45) is -3.67. The first-order valence-corrected chi connectivity index (χ1v) is 8.56. The Morgan fingerprint density at radius 2 is 1.96 bits per heavy atom. The zero-order chi connectivity index (χ0) is 19.6. The van der Waals surface area contributed by atoms with Crippen molar-refractivity contribution in [2.45, 2.75) is 25.1 Å². The van der Waals surface area contributed by atoms with Crippen LogP contribution in [0.1, 0.15) is 35.7 Å². The number of carbonyl (C=O) groups is 1. The van der Waals surface area contributed by atoms with Gasteiger partial charge >= 0.3 is 6.18 Å². The molecule has 27 heavy (non-hydrogen) atoms. The Kier molecular flexibility index (Phi) is 5.46. The van der Waals surface area contributed by atoms with Crippen LogP contribution in [0.15, 0.2) is 42.6 Å². The van der Waals surface area contributed by atoms with Crippen molar-refractivity contribution in [3.63, 3.8) is 0 Å². The van der Waals surface area contributed by atoms with Crippen LogP contribution in [0, 0.1) is 11.7 Å². The molecule has 1 fully saturated rings. The largest absolute Gasteiger partial charge is 0.417 e. The van der Waals surface area contributed by atoms with Gasteiger partial charge in [0.2, 0.25) is 5.91 Å². The minimum Gasteiger partial charge on any atom is -0.349 e. The van der Waals surface area contributed by atoms with E-state index in [9.17, 15) is 22.4 Å². The van der Waals surface area contributed by atoms with Crippen LogP contribution in [0.5, 0.6) is 0 Å². The second-order valence-electron chi connectivity index (χ2n) is 6.59. The highest BCUT2D eigenvalue weighted by atomic mass is 19.4. The van der Waals surface area contributed by atoms with Gasteiger partial charge in [0.25, 0.3) is 0 Å². The zero-order valence-corrected chi connectivity index (χ0v) is 14.6. The molecule has 1 aromatic heterocycles. The third kappa shape index (κ3) is 4.27. The number of rotatable bonds is 4. The van der Waals surface area contributed by atoms with E-state index in [0.29, 0.717) is 24.3 Å². The number of amides is 1. The number of nitrogens with one attached hydrogen (secondary N) is 2. The topological polar surface area (TPSA) is 54.0 Å². The van der Waals surface area contributed by atoms with Gasteiger partial charge in [-0.1, -0.05) is 18.2 Å². The molecule has 2 N–H and O–H groups in total. The molecule has 0 saturated carbocycles. The Morgan fingerprint density at radius 3 is 2.59 bits per heavy atom. The quantitative estimate of drug-likeness (QED) is 0.798. The minimum absolute atomic E-state index is 0.289. The first kappa shape index (κ1) is 19.3. The number of halogens is 4. The Hall–Kier alpha value is -2.48. The highest BCUT2D eigenvalue weighted by Gasteiger charge is 2.36. The van der Waals surface area contributed by atoms with E-state index in [1.165, 1.54) is 12.1 Å². The Balaban J connectivity index is 1.72. The second-order valence-corrected chi connectivity index (χ2v) is 6.59. The van der Waals surface area contributed by atoms with Gasteiger partial charge in [-0.25, -0.2) is 4.39 Å². The molecule has 2 aromatic rings. The van der Waals surface area contributed by atoms with Crippen molar-refractivity contribution >= 4 is 5.91 Å². The smallest absolute Gasteiger partial charge is 0.349 e. The lowest BCUT2D eigenvalue weighted by Gasteiger charge is -2.21.